The third-order valence-corrected chi connectivity index (χ3v) is 5.01. The standard InChI is InChI=1S/C26H32N2O2/c1-5-27(23-16-18-25(19-17-23)29-7-3)21-12-14-22(15-13-21)28(6-2)24-10-9-11-26(20-24)30-8-4/h9-20H,5-8H2,1-4H3. The van der Waals surface area contributed by atoms with E-state index in [1.165, 1.54) is 5.69 Å². The molecule has 0 amide bonds. The lowest BCUT2D eigenvalue weighted by Gasteiger charge is -2.27. The van der Waals surface area contributed by atoms with Crippen LogP contribution in [-0.2, 0) is 0 Å². The van der Waals surface area contributed by atoms with Gasteiger partial charge in [-0.05, 0) is 88.4 Å². The molecule has 0 aliphatic carbocycles. The van der Waals surface area contributed by atoms with Crippen molar-refractivity contribution in [2.24, 2.45) is 0 Å². The molecule has 158 valence electrons. The Balaban J connectivity index is 1.82. The van der Waals surface area contributed by atoms with E-state index in [1.807, 2.05) is 38.1 Å². The molecule has 3 aromatic rings. The predicted octanol–water partition coefficient (Wildman–Crippen LogP) is 6.80. The van der Waals surface area contributed by atoms with Crippen molar-refractivity contribution in [3.05, 3.63) is 72.8 Å². The largest absolute Gasteiger partial charge is 0.494 e. The lowest BCUT2D eigenvalue weighted by molar-refractivity contribution is 0.340. The van der Waals surface area contributed by atoms with Crippen molar-refractivity contribution in [2.45, 2.75) is 27.7 Å². The van der Waals surface area contributed by atoms with Crippen molar-refractivity contribution in [1.82, 2.24) is 0 Å². The first-order valence-electron chi connectivity index (χ1n) is 10.8. The van der Waals surface area contributed by atoms with Crippen LogP contribution in [0.3, 0.4) is 0 Å². The molecule has 0 saturated heterocycles. The number of hydrogen-bond donors (Lipinski definition) is 0. The summed E-state index contributed by atoms with van der Waals surface area (Å²) in [5, 5.41) is 0. The van der Waals surface area contributed by atoms with Crippen LogP contribution in [0.15, 0.2) is 72.8 Å². The van der Waals surface area contributed by atoms with Gasteiger partial charge in [0.25, 0.3) is 0 Å². The van der Waals surface area contributed by atoms with Crippen LogP contribution in [0.1, 0.15) is 27.7 Å². The highest BCUT2D eigenvalue weighted by atomic mass is 16.5. The van der Waals surface area contributed by atoms with Crippen molar-refractivity contribution in [3.8, 4) is 11.5 Å². The van der Waals surface area contributed by atoms with Gasteiger partial charge in [-0.25, -0.2) is 0 Å². The van der Waals surface area contributed by atoms with Gasteiger partial charge < -0.3 is 19.3 Å². The third kappa shape index (κ3) is 5.07. The lowest BCUT2D eigenvalue weighted by Crippen LogP contribution is -2.18. The summed E-state index contributed by atoms with van der Waals surface area (Å²) in [6.07, 6.45) is 0. The summed E-state index contributed by atoms with van der Waals surface area (Å²) in [7, 11) is 0. The maximum absolute atomic E-state index is 5.67. The van der Waals surface area contributed by atoms with E-state index in [1.54, 1.807) is 0 Å². The van der Waals surface area contributed by atoms with E-state index in [4.69, 9.17) is 9.47 Å². The molecule has 0 atom stereocenters. The molecule has 0 heterocycles. The molecule has 3 rings (SSSR count). The van der Waals surface area contributed by atoms with Crippen molar-refractivity contribution >= 4 is 22.7 Å². The van der Waals surface area contributed by atoms with Gasteiger partial charge in [-0.1, -0.05) is 6.07 Å². The Morgan fingerprint density at radius 1 is 0.533 bits per heavy atom. The summed E-state index contributed by atoms with van der Waals surface area (Å²) in [6.45, 7) is 11.5. The van der Waals surface area contributed by atoms with E-state index in [0.29, 0.717) is 13.2 Å². The zero-order valence-corrected chi connectivity index (χ0v) is 18.5. The fourth-order valence-electron chi connectivity index (χ4n) is 3.64. The molecule has 3 aromatic carbocycles. The molecule has 0 unspecified atom stereocenters. The van der Waals surface area contributed by atoms with E-state index in [9.17, 15) is 0 Å². The van der Waals surface area contributed by atoms with E-state index < -0.39 is 0 Å². The third-order valence-electron chi connectivity index (χ3n) is 5.01. The minimum Gasteiger partial charge on any atom is -0.494 e. The van der Waals surface area contributed by atoms with Crippen LogP contribution in [0.4, 0.5) is 22.7 Å². The summed E-state index contributed by atoms with van der Waals surface area (Å²) in [4.78, 5) is 4.59. The van der Waals surface area contributed by atoms with Crippen LogP contribution in [0.2, 0.25) is 0 Å². The molecular formula is C26H32N2O2. The smallest absolute Gasteiger partial charge is 0.121 e. The van der Waals surface area contributed by atoms with Gasteiger partial charge in [0.2, 0.25) is 0 Å². The summed E-state index contributed by atoms with van der Waals surface area (Å²) in [5.74, 6) is 1.80. The van der Waals surface area contributed by atoms with Gasteiger partial charge in [-0.2, -0.15) is 0 Å². The molecule has 30 heavy (non-hydrogen) atoms. The SMILES string of the molecule is CCOc1ccc(N(CC)c2ccc(N(CC)c3cccc(OCC)c3)cc2)cc1. The molecule has 0 spiro atoms. The van der Waals surface area contributed by atoms with E-state index in [2.05, 4.69) is 72.2 Å². The average molecular weight is 405 g/mol. The van der Waals surface area contributed by atoms with Gasteiger partial charge in [-0.3, -0.25) is 0 Å². The van der Waals surface area contributed by atoms with Crippen molar-refractivity contribution in [3.63, 3.8) is 0 Å². The van der Waals surface area contributed by atoms with Crippen LogP contribution in [0, 0.1) is 0 Å². The molecular weight excluding hydrogens is 372 g/mol. The summed E-state index contributed by atoms with van der Waals surface area (Å²) in [6, 6.07) is 25.3. The fourth-order valence-corrected chi connectivity index (χ4v) is 3.64. The predicted molar refractivity (Wildman–Crippen MR) is 127 cm³/mol. The number of anilines is 4. The number of benzene rings is 3. The van der Waals surface area contributed by atoms with Gasteiger partial charge in [0.1, 0.15) is 11.5 Å². The van der Waals surface area contributed by atoms with Crippen LogP contribution in [0.25, 0.3) is 0 Å². The van der Waals surface area contributed by atoms with Crippen molar-refractivity contribution in [2.75, 3.05) is 36.1 Å². The van der Waals surface area contributed by atoms with Crippen LogP contribution >= 0.6 is 0 Å². The second-order valence-electron chi connectivity index (χ2n) is 6.86. The molecule has 0 saturated carbocycles. The molecule has 0 aliphatic heterocycles. The number of ether oxygens (including phenoxy) is 2. The Morgan fingerprint density at radius 2 is 1.00 bits per heavy atom. The highest BCUT2D eigenvalue weighted by Crippen LogP contribution is 2.32. The Kier molecular flexibility index (Phi) is 7.61. The van der Waals surface area contributed by atoms with Crippen LogP contribution in [0.5, 0.6) is 11.5 Å². The first kappa shape index (κ1) is 21.6. The molecule has 4 heteroatoms. The minimum atomic E-state index is 0.669. The first-order chi connectivity index (χ1) is 14.7. The van der Waals surface area contributed by atoms with Gasteiger partial charge in [0.15, 0.2) is 0 Å². The van der Waals surface area contributed by atoms with Gasteiger partial charge >= 0.3 is 0 Å². The maximum atomic E-state index is 5.67. The quantitative estimate of drug-likeness (QED) is 0.371. The molecule has 0 fully saturated rings. The molecule has 4 nitrogen and oxygen atoms in total. The minimum absolute atomic E-state index is 0.669. The normalized spacial score (nSPS) is 10.5. The molecule has 0 radical (unpaired) electrons. The van der Waals surface area contributed by atoms with E-state index in [0.717, 1.165) is 41.7 Å². The fraction of sp³-hybridized carbons (Fsp3) is 0.308. The molecule has 0 N–H and O–H groups in total. The van der Waals surface area contributed by atoms with Crippen molar-refractivity contribution < 1.29 is 9.47 Å². The molecule has 0 aliphatic rings. The molecule has 0 aromatic heterocycles. The first-order valence-corrected chi connectivity index (χ1v) is 10.8. The topological polar surface area (TPSA) is 24.9 Å². The second kappa shape index (κ2) is 10.6. The van der Waals surface area contributed by atoms with E-state index >= 15 is 0 Å². The second-order valence-corrected chi connectivity index (χ2v) is 6.86. The van der Waals surface area contributed by atoms with Gasteiger partial charge in [-0.15, -0.1) is 0 Å². The number of rotatable bonds is 10. The number of nitrogens with zero attached hydrogens (tertiary/aromatic N) is 2. The zero-order valence-electron chi connectivity index (χ0n) is 18.5. The maximum Gasteiger partial charge on any atom is 0.121 e. The highest BCUT2D eigenvalue weighted by molar-refractivity contribution is 5.70. The Bertz CT molecular complexity index is 907. The Labute approximate surface area is 180 Å². The van der Waals surface area contributed by atoms with Gasteiger partial charge in [0, 0.05) is 41.9 Å². The summed E-state index contributed by atoms with van der Waals surface area (Å²) in [5.41, 5.74) is 4.63. The molecule has 0 bridgehead atoms. The number of hydrogen-bond acceptors (Lipinski definition) is 4. The average Bonchev–Trinajstić information content (AvgIpc) is 2.78. The van der Waals surface area contributed by atoms with Gasteiger partial charge in [0.05, 0.1) is 13.2 Å². The Hall–Kier alpha value is -3.14. The van der Waals surface area contributed by atoms with Crippen LogP contribution < -0.4 is 19.3 Å². The Morgan fingerprint density at radius 3 is 1.50 bits per heavy atom. The summed E-state index contributed by atoms with van der Waals surface area (Å²) < 4.78 is 11.2. The zero-order chi connectivity index (χ0) is 21.3. The summed E-state index contributed by atoms with van der Waals surface area (Å²) >= 11 is 0. The van der Waals surface area contributed by atoms with Crippen molar-refractivity contribution in [1.29, 1.82) is 0 Å². The monoisotopic (exact) mass is 404 g/mol. The van der Waals surface area contributed by atoms with Crippen LogP contribution in [-0.4, -0.2) is 26.3 Å². The lowest BCUT2D eigenvalue weighted by atomic mass is 10.2. The van der Waals surface area contributed by atoms with E-state index in [-0.39, 0.29) is 0 Å². The highest BCUT2D eigenvalue weighted by Gasteiger charge is 2.11.